The molecule has 100 valence electrons. The lowest BCUT2D eigenvalue weighted by atomic mass is 9.66. The highest BCUT2D eigenvalue weighted by Gasteiger charge is 2.65. The van der Waals surface area contributed by atoms with Crippen molar-refractivity contribution in [3.63, 3.8) is 0 Å². The third-order valence-electron chi connectivity index (χ3n) is 4.72. The summed E-state index contributed by atoms with van der Waals surface area (Å²) in [6.07, 6.45) is 1.95. The molecule has 2 aliphatic rings. The van der Waals surface area contributed by atoms with Gasteiger partial charge in [0, 0.05) is 5.56 Å². The first-order valence-corrected chi connectivity index (χ1v) is 6.73. The Labute approximate surface area is 114 Å². The Balaban J connectivity index is 2.18. The number of aryl methyl sites for hydroxylation is 2. The standard InChI is InChI=1S/C16H19NO2/c1-11-6-12(2)14(18-3)13(7-11)16(9-19-10-16)15(8-17)4-5-15/h6-7H,4-5,9-10H2,1-3H3. The molecule has 0 atom stereocenters. The molecule has 3 rings (SSSR count). The Bertz CT molecular complexity index is 563. The van der Waals surface area contributed by atoms with Gasteiger partial charge in [0.15, 0.2) is 0 Å². The number of hydrogen-bond acceptors (Lipinski definition) is 3. The van der Waals surface area contributed by atoms with Crippen molar-refractivity contribution in [2.45, 2.75) is 32.1 Å². The van der Waals surface area contributed by atoms with E-state index in [9.17, 15) is 5.26 Å². The summed E-state index contributed by atoms with van der Waals surface area (Å²) in [6, 6.07) is 6.85. The lowest BCUT2D eigenvalue weighted by molar-refractivity contribution is -0.0876. The molecule has 2 fully saturated rings. The second-order valence-corrected chi connectivity index (χ2v) is 5.93. The van der Waals surface area contributed by atoms with Gasteiger partial charge >= 0.3 is 0 Å². The third-order valence-corrected chi connectivity index (χ3v) is 4.72. The highest BCUT2D eigenvalue weighted by atomic mass is 16.5. The van der Waals surface area contributed by atoms with Crippen LogP contribution in [0.3, 0.4) is 0 Å². The minimum Gasteiger partial charge on any atom is -0.496 e. The van der Waals surface area contributed by atoms with E-state index in [0.29, 0.717) is 13.2 Å². The van der Waals surface area contributed by atoms with Crippen LogP contribution in [0.2, 0.25) is 0 Å². The fraction of sp³-hybridized carbons (Fsp3) is 0.562. The summed E-state index contributed by atoms with van der Waals surface area (Å²) in [4.78, 5) is 0. The van der Waals surface area contributed by atoms with Crippen LogP contribution in [-0.4, -0.2) is 20.3 Å². The van der Waals surface area contributed by atoms with Crippen molar-refractivity contribution in [2.24, 2.45) is 5.41 Å². The van der Waals surface area contributed by atoms with Crippen LogP contribution < -0.4 is 4.74 Å². The molecule has 3 heteroatoms. The van der Waals surface area contributed by atoms with Gasteiger partial charge in [-0.2, -0.15) is 5.26 Å². The van der Waals surface area contributed by atoms with Gasteiger partial charge in [-0.25, -0.2) is 0 Å². The van der Waals surface area contributed by atoms with Gasteiger partial charge in [-0.05, 0) is 32.3 Å². The van der Waals surface area contributed by atoms with Gasteiger partial charge in [-0.15, -0.1) is 0 Å². The predicted octanol–water partition coefficient (Wildman–Crippen LogP) is 2.88. The lowest BCUT2D eigenvalue weighted by Gasteiger charge is -2.46. The Morgan fingerprint density at radius 2 is 1.95 bits per heavy atom. The first-order valence-electron chi connectivity index (χ1n) is 6.73. The Hall–Kier alpha value is -1.53. The first kappa shape index (κ1) is 12.5. The number of benzene rings is 1. The lowest BCUT2D eigenvalue weighted by Crippen LogP contribution is -2.53. The molecule has 1 aliphatic carbocycles. The third kappa shape index (κ3) is 1.53. The van der Waals surface area contributed by atoms with E-state index in [1.54, 1.807) is 7.11 Å². The largest absolute Gasteiger partial charge is 0.496 e. The second-order valence-electron chi connectivity index (χ2n) is 5.93. The molecule has 0 aromatic heterocycles. The van der Waals surface area contributed by atoms with E-state index in [-0.39, 0.29) is 10.8 Å². The number of ether oxygens (including phenoxy) is 2. The van der Waals surface area contributed by atoms with Crippen molar-refractivity contribution in [1.29, 1.82) is 5.26 Å². The summed E-state index contributed by atoms with van der Waals surface area (Å²) in [5.41, 5.74) is 3.12. The van der Waals surface area contributed by atoms with E-state index < -0.39 is 0 Å². The molecule has 1 saturated heterocycles. The Morgan fingerprint density at radius 3 is 2.37 bits per heavy atom. The molecule has 0 N–H and O–H groups in total. The highest BCUT2D eigenvalue weighted by Crippen LogP contribution is 2.63. The normalized spacial score (nSPS) is 22.2. The van der Waals surface area contributed by atoms with Gasteiger partial charge in [0.05, 0.1) is 37.2 Å². The average molecular weight is 257 g/mol. The SMILES string of the molecule is COc1c(C)cc(C)cc1C1(C2(C#N)CC2)COC1. The molecule has 0 radical (unpaired) electrons. The summed E-state index contributed by atoms with van der Waals surface area (Å²) in [6.45, 7) is 5.43. The van der Waals surface area contributed by atoms with Gasteiger partial charge in [-0.1, -0.05) is 17.7 Å². The Morgan fingerprint density at radius 1 is 1.26 bits per heavy atom. The maximum absolute atomic E-state index is 9.57. The molecule has 1 aromatic rings. The van der Waals surface area contributed by atoms with Crippen LogP contribution >= 0.6 is 0 Å². The number of methoxy groups -OCH3 is 1. The van der Waals surface area contributed by atoms with Crippen molar-refractivity contribution < 1.29 is 9.47 Å². The molecular weight excluding hydrogens is 238 g/mol. The molecule has 0 bridgehead atoms. The minimum atomic E-state index is -0.237. The Kier molecular flexibility index (Phi) is 2.62. The summed E-state index contributed by atoms with van der Waals surface area (Å²) in [5.74, 6) is 0.926. The smallest absolute Gasteiger partial charge is 0.125 e. The molecule has 1 aliphatic heterocycles. The van der Waals surface area contributed by atoms with Crippen LogP contribution in [0.15, 0.2) is 12.1 Å². The van der Waals surface area contributed by atoms with Crippen LogP contribution in [0.5, 0.6) is 5.75 Å². The number of hydrogen-bond donors (Lipinski definition) is 0. The molecule has 1 saturated carbocycles. The van der Waals surface area contributed by atoms with Gasteiger partial charge in [0.25, 0.3) is 0 Å². The van der Waals surface area contributed by atoms with Crippen molar-refractivity contribution in [1.82, 2.24) is 0 Å². The predicted molar refractivity (Wildman–Crippen MR) is 72.2 cm³/mol. The van der Waals surface area contributed by atoms with E-state index in [1.165, 1.54) is 5.56 Å². The number of nitriles is 1. The van der Waals surface area contributed by atoms with Crippen LogP contribution in [0.4, 0.5) is 0 Å². The monoisotopic (exact) mass is 257 g/mol. The topological polar surface area (TPSA) is 42.2 Å². The van der Waals surface area contributed by atoms with E-state index in [1.807, 2.05) is 0 Å². The second kappa shape index (κ2) is 3.98. The van der Waals surface area contributed by atoms with Crippen LogP contribution in [-0.2, 0) is 10.2 Å². The number of nitrogens with zero attached hydrogens (tertiary/aromatic N) is 1. The molecule has 19 heavy (non-hydrogen) atoms. The fourth-order valence-electron chi connectivity index (χ4n) is 3.40. The van der Waals surface area contributed by atoms with Crippen LogP contribution in [0.1, 0.15) is 29.5 Å². The summed E-state index contributed by atoms with van der Waals surface area (Å²) in [7, 11) is 1.71. The molecule has 0 amide bonds. The van der Waals surface area contributed by atoms with Crippen molar-refractivity contribution in [3.05, 3.63) is 28.8 Å². The minimum absolute atomic E-state index is 0.163. The van der Waals surface area contributed by atoms with Crippen LogP contribution in [0.25, 0.3) is 0 Å². The quantitative estimate of drug-likeness (QED) is 0.836. The van der Waals surface area contributed by atoms with Crippen molar-refractivity contribution in [2.75, 3.05) is 20.3 Å². The summed E-state index contributed by atoms with van der Waals surface area (Å²) < 4.78 is 11.1. The van der Waals surface area contributed by atoms with Crippen molar-refractivity contribution >= 4 is 0 Å². The van der Waals surface area contributed by atoms with E-state index in [2.05, 4.69) is 32.0 Å². The van der Waals surface area contributed by atoms with E-state index in [0.717, 1.165) is 29.7 Å². The molecular formula is C16H19NO2. The van der Waals surface area contributed by atoms with Gasteiger partial charge in [-0.3, -0.25) is 0 Å². The fourth-order valence-corrected chi connectivity index (χ4v) is 3.40. The average Bonchev–Trinajstić information content (AvgIpc) is 3.08. The highest BCUT2D eigenvalue weighted by molar-refractivity contribution is 5.52. The first-order chi connectivity index (χ1) is 9.08. The van der Waals surface area contributed by atoms with Gasteiger partial charge < -0.3 is 9.47 Å². The van der Waals surface area contributed by atoms with Crippen molar-refractivity contribution in [3.8, 4) is 11.8 Å². The summed E-state index contributed by atoms with van der Waals surface area (Å²) in [5, 5.41) is 9.57. The van der Waals surface area contributed by atoms with E-state index in [4.69, 9.17) is 9.47 Å². The van der Waals surface area contributed by atoms with Gasteiger partial charge in [0.2, 0.25) is 0 Å². The summed E-state index contributed by atoms with van der Waals surface area (Å²) >= 11 is 0. The van der Waals surface area contributed by atoms with Crippen LogP contribution in [0, 0.1) is 30.6 Å². The van der Waals surface area contributed by atoms with E-state index >= 15 is 0 Å². The molecule has 1 heterocycles. The maximum Gasteiger partial charge on any atom is 0.125 e. The zero-order chi connectivity index (χ0) is 13.7. The zero-order valence-corrected chi connectivity index (χ0v) is 11.7. The molecule has 0 spiro atoms. The van der Waals surface area contributed by atoms with Gasteiger partial charge in [0.1, 0.15) is 5.75 Å². The number of rotatable bonds is 3. The maximum atomic E-state index is 9.57. The zero-order valence-electron chi connectivity index (χ0n) is 11.7. The molecule has 1 aromatic carbocycles. The molecule has 0 unspecified atom stereocenters. The molecule has 3 nitrogen and oxygen atoms in total.